The van der Waals surface area contributed by atoms with Crippen LogP contribution in [0, 0.1) is 0 Å². The Morgan fingerprint density at radius 2 is 2.16 bits per heavy atom. The number of ether oxygens (including phenoxy) is 1. The maximum absolute atomic E-state index is 11.7. The summed E-state index contributed by atoms with van der Waals surface area (Å²) in [5.74, 6) is 0.718. The summed E-state index contributed by atoms with van der Waals surface area (Å²) in [4.78, 5) is 7.87. The summed E-state index contributed by atoms with van der Waals surface area (Å²) < 4.78 is 29.2. The highest BCUT2D eigenvalue weighted by atomic mass is 32.2. The Balaban J connectivity index is 2.11. The Kier molecular flexibility index (Phi) is 2.87. The van der Waals surface area contributed by atoms with Gasteiger partial charge in [0.25, 0.3) is 0 Å². The number of nitrogens with zero attached hydrogens (tertiary/aromatic N) is 1. The van der Waals surface area contributed by atoms with E-state index in [1.54, 1.807) is 12.1 Å². The lowest BCUT2D eigenvalue weighted by molar-refractivity contribution is 0.0510. The first-order valence-electron chi connectivity index (χ1n) is 6.29. The molecule has 2 aromatic rings. The Morgan fingerprint density at radius 3 is 2.79 bits per heavy atom. The summed E-state index contributed by atoms with van der Waals surface area (Å²) in [6.45, 7) is 2.03. The van der Waals surface area contributed by atoms with E-state index in [0.717, 1.165) is 24.2 Å². The highest BCUT2D eigenvalue weighted by Gasteiger charge is 2.26. The fourth-order valence-electron chi connectivity index (χ4n) is 2.48. The molecule has 1 fully saturated rings. The van der Waals surface area contributed by atoms with Crippen molar-refractivity contribution in [1.82, 2.24) is 9.97 Å². The van der Waals surface area contributed by atoms with Crippen LogP contribution >= 0.6 is 0 Å². The lowest BCUT2D eigenvalue weighted by atomic mass is 10.2. The van der Waals surface area contributed by atoms with Crippen molar-refractivity contribution in [3.05, 3.63) is 24.0 Å². The van der Waals surface area contributed by atoms with Gasteiger partial charge >= 0.3 is 0 Å². The number of sulfone groups is 1. The smallest absolute Gasteiger partial charge is 0.177 e. The van der Waals surface area contributed by atoms with E-state index in [-0.39, 0.29) is 17.1 Å². The first-order valence-corrected chi connectivity index (χ1v) is 8.18. The van der Waals surface area contributed by atoms with Gasteiger partial charge in [0.05, 0.1) is 16.5 Å². The first-order chi connectivity index (χ1) is 8.95. The molecule has 1 aromatic heterocycles. The monoisotopic (exact) mass is 280 g/mol. The van der Waals surface area contributed by atoms with E-state index >= 15 is 0 Å². The van der Waals surface area contributed by atoms with Gasteiger partial charge in [0.2, 0.25) is 0 Å². The molecule has 6 heteroatoms. The molecule has 3 rings (SSSR count). The lowest BCUT2D eigenvalue weighted by Crippen LogP contribution is -2.02. The molecule has 19 heavy (non-hydrogen) atoms. The maximum Gasteiger partial charge on any atom is 0.177 e. The van der Waals surface area contributed by atoms with Gasteiger partial charge in [-0.2, -0.15) is 0 Å². The molecule has 2 atom stereocenters. The Labute approximate surface area is 111 Å². The van der Waals surface area contributed by atoms with Gasteiger partial charge in [-0.3, -0.25) is 0 Å². The van der Waals surface area contributed by atoms with Crippen molar-refractivity contribution in [2.45, 2.75) is 36.9 Å². The molecule has 102 valence electrons. The van der Waals surface area contributed by atoms with Crippen LogP contribution in [-0.4, -0.2) is 30.7 Å². The second-order valence-electron chi connectivity index (χ2n) is 5.06. The minimum absolute atomic E-state index is 0.0604. The standard InChI is InChI=1S/C13H16N2O3S/c1-8-6-7-10(18-8)13-14-9-4-3-5-11(12(9)15-13)19(2,16)17/h3-5,8,10H,6-7H2,1-2H3,(H,14,15). The van der Waals surface area contributed by atoms with Gasteiger partial charge in [-0.25, -0.2) is 13.4 Å². The van der Waals surface area contributed by atoms with Gasteiger partial charge < -0.3 is 9.72 Å². The molecule has 1 saturated heterocycles. The molecule has 0 spiro atoms. The zero-order chi connectivity index (χ0) is 13.6. The van der Waals surface area contributed by atoms with Crippen molar-refractivity contribution in [2.75, 3.05) is 6.26 Å². The van der Waals surface area contributed by atoms with Crippen LogP contribution in [0.15, 0.2) is 23.1 Å². The van der Waals surface area contributed by atoms with Gasteiger partial charge in [-0.05, 0) is 31.9 Å². The lowest BCUT2D eigenvalue weighted by Gasteiger charge is -2.06. The van der Waals surface area contributed by atoms with Crippen LogP contribution in [0.1, 0.15) is 31.7 Å². The largest absolute Gasteiger partial charge is 0.367 e. The van der Waals surface area contributed by atoms with Gasteiger partial charge in [0.15, 0.2) is 9.84 Å². The predicted octanol–water partition coefficient (Wildman–Crippen LogP) is 2.21. The van der Waals surface area contributed by atoms with E-state index < -0.39 is 9.84 Å². The highest BCUT2D eigenvalue weighted by Crippen LogP contribution is 2.32. The van der Waals surface area contributed by atoms with Crippen LogP contribution in [0.4, 0.5) is 0 Å². The number of hydrogen-bond donors (Lipinski definition) is 1. The molecule has 5 nitrogen and oxygen atoms in total. The topological polar surface area (TPSA) is 72.0 Å². The minimum Gasteiger partial charge on any atom is -0.367 e. The van der Waals surface area contributed by atoms with Gasteiger partial charge in [0, 0.05) is 6.26 Å². The van der Waals surface area contributed by atoms with Crippen LogP contribution in [0.2, 0.25) is 0 Å². The fourth-order valence-corrected chi connectivity index (χ4v) is 3.31. The predicted molar refractivity (Wildman–Crippen MR) is 71.7 cm³/mol. The van der Waals surface area contributed by atoms with E-state index in [1.165, 1.54) is 6.26 Å². The molecular weight excluding hydrogens is 264 g/mol. The van der Waals surface area contributed by atoms with Gasteiger partial charge in [0.1, 0.15) is 17.4 Å². The van der Waals surface area contributed by atoms with Crippen molar-refractivity contribution in [2.24, 2.45) is 0 Å². The van der Waals surface area contributed by atoms with Gasteiger partial charge in [-0.15, -0.1) is 0 Å². The number of H-pyrrole nitrogens is 1. The molecule has 0 aliphatic carbocycles. The van der Waals surface area contributed by atoms with E-state index in [2.05, 4.69) is 9.97 Å². The summed E-state index contributed by atoms with van der Waals surface area (Å²) in [6, 6.07) is 5.14. The normalized spacial score (nSPS) is 24.1. The molecule has 2 heterocycles. The number of rotatable bonds is 2. The van der Waals surface area contributed by atoms with Crippen molar-refractivity contribution < 1.29 is 13.2 Å². The van der Waals surface area contributed by atoms with E-state index in [1.807, 2.05) is 13.0 Å². The molecule has 1 aromatic carbocycles. The summed E-state index contributed by atoms with van der Waals surface area (Å²) in [6.07, 6.45) is 3.28. The zero-order valence-corrected chi connectivity index (χ0v) is 11.7. The number of aromatic nitrogens is 2. The third-order valence-electron chi connectivity index (χ3n) is 3.43. The SMILES string of the molecule is CC1CCC(c2nc3c(S(C)(=O)=O)cccc3[nH]2)O1. The Morgan fingerprint density at radius 1 is 1.37 bits per heavy atom. The summed E-state index contributed by atoms with van der Waals surface area (Å²) >= 11 is 0. The summed E-state index contributed by atoms with van der Waals surface area (Å²) in [5, 5.41) is 0. The van der Waals surface area contributed by atoms with E-state index in [0.29, 0.717) is 5.52 Å². The number of imidazole rings is 1. The Hall–Kier alpha value is -1.40. The van der Waals surface area contributed by atoms with Gasteiger partial charge in [-0.1, -0.05) is 6.07 Å². The number of fused-ring (bicyclic) bond motifs is 1. The van der Waals surface area contributed by atoms with Crippen molar-refractivity contribution >= 4 is 20.9 Å². The molecule has 2 unspecified atom stereocenters. The van der Waals surface area contributed by atoms with Crippen LogP contribution < -0.4 is 0 Å². The highest BCUT2D eigenvalue weighted by molar-refractivity contribution is 7.91. The number of para-hydroxylation sites is 1. The summed E-state index contributed by atoms with van der Waals surface area (Å²) in [5.41, 5.74) is 1.24. The minimum atomic E-state index is -3.27. The zero-order valence-electron chi connectivity index (χ0n) is 10.9. The molecule has 1 aliphatic heterocycles. The molecule has 0 amide bonds. The molecule has 1 aliphatic rings. The number of benzene rings is 1. The Bertz CT molecular complexity index is 721. The van der Waals surface area contributed by atoms with E-state index in [4.69, 9.17) is 4.74 Å². The molecule has 0 saturated carbocycles. The third-order valence-corrected chi connectivity index (χ3v) is 4.56. The molecular formula is C13H16N2O3S. The average Bonchev–Trinajstić information content (AvgIpc) is 2.92. The van der Waals surface area contributed by atoms with Crippen LogP contribution in [0.25, 0.3) is 11.0 Å². The molecule has 0 radical (unpaired) electrons. The van der Waals surface area contributed by atoms with E-state index in [9.17, 15) is 8.42 Å². The number of aromatic amines is 1. The third kappa shape index (κ3) is 2.26. The first kappa shape index (κ1) is 12.6. The van der Waals surface area contributed by atoms with Crippen molar-refractivity contribution in [1.29, 1.82) is 0 Å². The van der Waals surface area contributed by atoms with Crippen LogP contribution in [0.3, 0.4) is 0 Å². The molecule has 0 bridgehead atoms. The fraction of sp³-hybridized carbons (Fsp3) is 0.462. The maximum atomic E-state index is 11.7. The summed E-state index contributed by atoms with van der Waals surface area (Å²) in [7, 11) is -3.27. The second-order valence-corrected chi connectivity index (χ2v) is 7.04. The molecule has 1 N–H and O–H groups in total. The average molecular weight is 280 g/mol. The van der Waals surface area contributed by atoms with Crippen molar-refractivity contribution in [3.8, 4) is 0 Å². The van der Waals surface area contributed by atoms with Crippen LogP contribution in [-0.2, 0) is 14.6 Å². The van der Waals surface area contributed by atoms with Crippen molar-refractivity contribution in [3.63, 3.8) is 0 Å². The number of hydrogen-bond acceptors (Lipinski definition) is 4. The second kappa shape index (κ2) is 4.31. The quantitative estimate of drug-likeness (QED) is 0.915. The van der Waals surface area contributed by atoms with Crippen LogP contribution in [0.5, 0.6) is 0 Å². The number of nitrogens with one attached hydrogen (secondary N) is 1.